The number of aliphatic hydroxyl groups excluding tert-OH is 1. The first-order valence-corrected chi connectivity index (χ1v) is 4.84. The summed E-state index contributed by atoms with van der Waals surface area (Å²) in [6, 6.07) is 4.89. The fraction of sp³-hybridized carbons (Fsp3) is 0.182. The summed E-state index contributed by atoms with van der Waals surface area (Å²) in [5.41, 5.74) is 0.636. The van der Waals surface area contributed by atoms with Gasteiger partial charge in [-0.3, -0.25) is 0 Å². The summed E-state index contributed by atoms with van der Waals surface area (Å²) in [6.45, 7) is 0.0411. The number of aliphatic hydroxyl groups is 1. The molecule has 4 heteroatoms. The second-order valence-corrected chi connectivity index (χ2v) is 3.33. The molecule has 3 nitrogen and oxygen atoms in total. The highest BCUT2D eigenvalue weighted by Crippen LogP contribution is 2.21. The second-order valence-electron chi connectivity index (χ2n) is 2.92. The lowest BCUT2D eigenvalue weighted by Gasteiger charge is -2.02. The van der Waals surface area contributed by atoms with Crippen LogP contribution in [0.15, 0.2) is 24.3 Å². The van der Waals surface area contributed by atoms with Crippen molar-refractivity contribution in [2.75, 3.05) is 6.61 Å². The van der Waals surface area contributed by atoms with E-state index in [-0.39, 0.29) is 17.2 Å². The molecule has 0 aliphatic rings. The largest absolute Gasteiger partial charge is 0.478 e. The first-order valence-electron chi connectivity index (χ1n) is 4.46. The van der Waals surface area contributed by atoms with E-state index in [9.17, 15) is 4.79 Å². The van der Waals surface area contributed by atoms with Crippen molar-refractivity contribution in [3.63, 3.8) is 0 Å². The number of aromatic carboxylic acids is 1. The number of halogens is 1. The van der Waals surface area contributed by atoms with Gasteiger partial charge in [-0.1, -0.05) is 35.9 Å². The second kappa shape index (κ2) is 5.53. The third-order valence-corrected chi connectivity index (χ3v) is 2.17. The minimum absolute atomic E-state index is 0.0411. The van der Waals surface area contributed by atoms with E-state index in [1.165, 1.54) is 6.07 Å². The standard InChI is InChI=1S/C11H11ClO3/c12-9-6-3-5-8(4-1-2-7-13)10(9)11(14)15/h1,3-6,13H,2,7H2,(H,14,15). The number of carboxylic acid groups (broad SMARTS) is 1. The zero-order valence-electron chi connectivity index (χ0n) is 7.98. The molecule has 0 saturated heterocycles. The van der Waals surface area contributed by atoms with Crippen LogP contribution >= 0.6 is 11.6 Å². The van der Waals surface area contributed by atoms with Gasteiger partial charge < -0.3 is 10.2 Å². The van der Waals surface area contributed by atoms with Gasteiger partial charge in [-0.25, -0.2) is 4.79 Å². The van der Waals surface area contributed by atoms with Crippen LogP contribution in [0, 0.1) is 0 Å². The third kappa shape index (κ3) is 3.08. The summed E-state index contributed by atoms with van der Waals surface area (Å²) in [4.78, 5) is 10.9. The van der Waals surface area contributed by atoms with Gasteiger partial charge in [0.2, 0.25) is 0 Å². The van der Waals surface area contributed by atoms with Crippen molar-refractivity contribution in [2.24, 2.45) is 0 Å². The molecule has 0 fully saturated rings. The van der Waals surface area contributed by atoms with Gasteiger partial charge in [-0.2, -0.15) is 0 Å². The molecule has 0 aliphatic carbocycles. The molecule has 15 heavy (non-hydrogen) atoms. The Labute approximate surface area is 92.6 Å². The summed E-state index contributed by atoms with van der Waals surface area (Å²) in [7, 11) is 0. The lowest BCUT2D eigenvalue weighted by atomic mass is 10.1. The maximum Gasteiger partial charge on any atom is 0.337 e. The van der Waals surface area contributed by atoms with Crippen LogP contribution in [0.5, 0.6) is 0 Å². The lowest BCUT2D eigenvalue weighted by molar-refractivity contribution is 0.0697. The molecule has 80 valence electrons. The molecule has 0 unspecified atom stereocenters. The molecule has 0 bridgehead atoms. The Balaban J connectivity index is 3.06. The highest BCUT2D eigenvalue weighted by atomic mass is 35.5. The molecule has 1 aromatic carbocycles. The predicted octanol–water partition coefficient (Wildman–Crippen LogP) is 2.43. The minimum atomic E-state index is -1.05. The van der Waals surface area contributed by atoms with Crippen molar-refractivity contribution in [1.29, 1.82) is 0 Å². The fourth-order valence-electron chi connectivity index (χ4n) is 1.19. The average molecular weight is 227 g/mol. The van der Waals surface area contributed by atoms with Gasteiger partial charge in [0.25, 0.3) is 0 Å². The predicted molar refractivity (Wildman–Crippen MR) is 59.1 cm³/mol. The molecular weight excluding hydrogens is 216 g/mol. The minimum Gasteiger partial charge on any atom is -0.478 e. The van der Waals surface area contributed by atoms with E-state index in [1.54, 1.807) is 24.3 Å². The highest BCUT2D eigenvalue weighted by molar-refractivity contribution is 6.33. The molecule has 0 saturated carbocycles. The van der Waals surface area contributed by atoms with E-state index in [0.29, 0.717) is 12.0 Å². The van der Waals surface area contributed by atoms with Gasteiger partial charge in [0.15, 0.2) is 0 Å². The molecule has 0 amide bonds. The van der Waals surface area contributed by atoms with Gasteiger partial charge in [0, 0.05) is 6.61 Å². The molecule has 0 aliphatic heterocycles. The Morgan fingerprint density at radius 1 is 1.47 bits per heavy atom. The Bertz CT molecular complexity index is 385. The number of carbonyl (C=O) groups is 1. The van der Waals surface area contributed by atoms with Crippen LogP contribution in [-0.2, 0) is 0 Å². The summed E-state index contributed by atoms with van der Waals surface area (Å²) < 4.78 is 0. The van der Waals surface area contributed by atoms with Crippen molar-refractivity contribution >= 4 is 23.6 Å². The normalized spacial score (nSPS) is 10.8. The number of rotatable bonds is 4. The third-order valence-electron chi connectivity index (χ3n) is 1.85. The van der Waals surface area contributed by atoms with E-state index < -0.39 is 5.97 Å². The number of carboxylic acids is 1. The van der Waals surface area contributed by atoms with Gasteiger partial charge in [0.1, 0.15) is 0 Å². The van der Waals surface area contributed by atoms with E-state index in [4.69, 9.17) is 21.8 Å². The van der Waals surface area contributed by atoms with Gasteiger partial charge in [-0.15, -0.1) is 0 Å². The Morgan fingerprint density at radius 3 is 2.80 bits per heavy atom. The summed E-state index contributed by atoms with van der Waals surface area (Å²) >= 11 is 5.77. The number of hydrogen-bond acceptors (Lipinski definition) is 2. The maximum absolute atomic E-state index is 10.9. The number of benzene rings is 1. The molecule has 1 aromatic rings. The van der Waals surface area contributed by atoms with Crippen LogP contribution in [0.1, 0.15) is 22.3 Å². The van der Waals surface area contributed by atoms with Gasteiger partial charge in [-0.05, 0) is 18.1 Å². The maximum atomic E-state index is 10.9. The highest BCUT2D eigenvalue weighted by Gasteiger charge is 2.11. The smallest absolute Gasteiger partial charge is 0.337 e. The van der Waals surface area contributed by atoms with Crippen molar-refractivity contribution < 1.29 is 15.0 Å². The first-order chi connectivity index (χ1) is 7.16. The Kier molecular flexibility index (Phi) is 4.34. The molecule has 2 N–H and O–H groups in total. The Hall–Kier alpha value is -1.32. The van der Waals surface area contributed by atoms with Crippen molar-refractivity contribution in [2.45, 2.75) is 6.42 Å². The monoisotopic (exact) mass is 226 g/mol. The van der Waals surface area contributed by atoms with Crippen molar-refractivity contribution in [3.8, 4) is 0 Å². The van der Waals surface area contributed by atoms with Crippen LogP contribution in [0.2, 0.25) is 5.02 Å². The van der Waals surface area contributed by atoms with Gasteiger partial charge in [0.05, 0.1) is 10.6 Å². The molecule has 0 heterocycles. The quantitative estimate of drug-likeness (QED) is 0.829. The van der Waals surface area contributed by atoms with Crippen LogP contribution in [-0.4, -0.2) is 22.8 Å². The number of hydrogen-bond donors (Lipinski definition) is 2. The molecule has 0 aromatic heterocycles. The molecule has 0 radical (unpaired) electrons. The summed E-state index contributed by atoms with van der Waals surface area (Å²) in [5, 5.41) is 17.7. The van der Waals surface area contributed by atoms with E-state index in [2.05, 4.69) is 0 Å². The van der Waals surface area contributed by atoms with E-state index in [1.807, 2.05) is 0 Å². The molecule has 1 rings (SSSR count). The summed E-state index contributed by atoms with van der Waals surface area (Å²) in [6.07, 6.45) is 3.84. The van der Waals surface area contributed by atoms with Crippen LogP contribution in [0.4, 0.5) is 0 Å². The molecular formula is C11H11ClO3. The Morgan fingerprint density at radius 2 is 2.20 bits per heavy atom. The van der Waals surface area contributed by atoms with E-state index >= 15 is 0 Å². The summed E-state index contributed by atoms with van der Waals surface area (Å²) in [5.74, 6) is -1.05. The first kappa shape index (κ1) is 11.8. The average Bonchev–Trinajstić information content (AvgIpc) is 2.17. The van der Waals surface area contributed by atoms with Crippen LogP contribution in [0.3, 0.4) is 0 Å². The lowest BCUT2D eigenvalue weighted by Crippen LogP contribution is -2.00. The zero-order valence-corrected chi connectivity index (χ0v) is 8.74. The van der Waals surface area contributed by atoms with Crippen molar-refractivity contribution in [3.05, 3.63) is 40.4 Å². The van der Waals surface area contributed by atoms with Gasteiger partial charge >= 0.3 is 5.97 Å². The molecule has 0 atom stereocenters. The van der Waals surface area contributed by atoms with Crippen LogP contribution in [0.25, 0.3) is 6.08 Å². The van der Waals surface area contributed by atoms with E-state index in [0.717, 1.165) is 0 Å². The molecule has 0 spiro atoms. The zero-order chi connectivity index (χ0) is 11.3. The van der Waals surface area contributed by atoms with Crippen molar-refractivity contribution in [1.82, 2.24) is 0 Å². The SMILES string of the molecule is O=C(O)c1c(Cl)cccc1C=CCCO. The van der Waals surface area contributed by atoms with Crippen LogP contribution < -0.4 is 0 Å². The fourth-order valence-corrected chi connectivity index (χ4v) is 1.45. The topological polar surface area (TPSA) is 57.5 Å².